The maximum absolute atomic E-state index is 11.1. The second kappa shape index (κ2) is 5.52. The summed E-state index contributed by atoms with van der Waals surface area (Å²) in [6, 6.07) is 11.6. The highest BCUT2D eigenvalue weighted by Gasteiger charge is 2.12. The Kier molecular flexibility index (Phi) is 3.80. The van der Waals surface area contributed by atoms with Crippen LogP contribution in [0.5, 0.6) is 0 Å². The van der Waals surface area contributed by atoms with Crippen LogP contribution < -0.4 is 4.90 Å². The molecule has 0 spiro atoms. The Labute approximate surface area is 112 Å². The van der Waals surface area contributed by atoms with Gasteiger partial charge in [-0.15, -0.1) is 0 Å². The third-order valence-electron chi connectivity index (χ3n) is 2.94. The molecule has 1 aromatic carbocycles. The lowest BCUT2D eigenvalue weighted by atomic mass is 10.1. The zero-order valence-corrected chi connectivity index (χ0v) is 11.0. The van der Waals surface area contributed by atoms with Gasteiger partial charge in [-0.2, -0.15) is 0 Å². The molecule has 0 saturated carbocycles. The van der Waals surface area contributed by atoms with E-state index in [2.05, 4.69) is 11.1 Å². The summed E-state index contributed by atoms with van der Waals surface area (Å²) in [6.45, 7) is 2.54. The lowest BCUT2D eigenvalue weighted by Gasteiger charge is -2.20. The normalized spacial score (nSPS) is 10.2. The number of hydrogen-bond donors (Lipinski definition) is 1. The van der Waals surface area contributed by atoms with Crippen molar-refractivity contribution in [3.63, 3.8) is 0 Å². The number of hydrogen-bond acceptors (Lipinski definition) is 3. The largest absolute Gasteiger partial charge is 0.477 e. The number of benzene rings is 1. The van der Waals surface area contributed by atoms with Crippen molar-refractivity contribution in [1.82, 2.24) is 4.98 Å². The molecular formula is C15H16N2O2. The molecule has 0 unspecified atom stereocenters. The van der Waals surface area contributed by atoms with Crippen molar-refractivity contribution < 1.29 is 9.90 Å². The average Bonchev–Trinajstić information content (AvgIpc) is 2.39. The highest BCUT2D eigenvalue weighted by Crippen LogP contribution is 2.18. The first-order chi connectivity index (χ1) is 9.08. The van der Waals surface area contributed by atoms with E-state index in [9.17, 15) is 4.79 Å². The lowest BCUT2D eigenvalue weighted by molar-refractivity contribution is 0.0689. The molecule has 19 heavy (non-hydrogen) atoms. The predicted molar refractivity (Wildman–Crippen MR) is 74.5 cm³/mol. The highest BCUT2D eigenvalue weighted by atomic mass is 16.4. The van der Waals surface area contributed by atoms with Crippen LogP contribution in [-0.4, -0.2) is 23.1 Å². The second-order valence-corrected chi connectivity index (χ2v) is 4.51. The van der Waals surface area contributed by atoms with Crippen molar-refractivity contribution in [3.8, 4) is 0 Å². The fourth-order valence-electron chi connectivity index (χ4n) is 1.97. The molecule has 1 aromatic heterocycles. The molecule has 0 aliphatic heterocycles. The number of nitrogens with zero attached hydrogens (tertiary/aromatic N) is 2. The van der Waals surface area contributed by atoms with E-state index in [-0.39, 0.29) is 5.69 Å². The molecule has 0 bridgehead atoms. The van der Waals surface area contributed by atoms with Crippen molar-refractivity contribution in [3.05, 3.63) is 59.4 Å². The van der Waals surface area contributed by atoms with Crippen molar-refractivity contribution >= 4 is 11.7 Å². The Morgan fingerprint density at radius 3 is 2.79 bits per heavy atom. The first-order valence-corrected chi connectivity index (χ1v) is 6.03. The van der Waals surface area contributed by atoms with Crippen LogP contribution in [0.25, 0.3) is 0 Å². The van der Waals surface area contributed by atoms with Gasteiger partial charge in [0.25, 0.3) is 0 Å². The fraction of sp³-hybridized carbons (Fsp3) is 0.200. The van der Waals surface area contributed by atoms with Gasteiger partial charge in [0, 0.05) is 31.0 Å². The molecule has 0 atom stereocenters. The molecule has 2 rings (SSSR count). The van der Waals surface area contributed by atoms with E-state index < -0.39 is 5.97 Å². The summed E-state index contributed by atoms with van der Waals surface area (Å²) in [4.78, 5) is 17.0. The Balaban J connectivity index is 2.24. The zero-order chi connectivity index (χ0) is 13.8. The van der Waals surface area contributed by atoms with Gasteiger partial charge in [-0.1, -0.05) is 18.2 Å². The second-order valence-electron chi connectivity index (χ2n) is 4.51. The van der Waals surface area contributed by atoms with E-state index in [1.54, 1.807) is 12.1 Å². The number of carbonyl (C=O) groups is 1. The van der Waals surface area contributed by atoms with Crippen LogP contribution in [0.3, 0.4) is 0 Å². The van der Waals surface area contributed by atoms with Crippen LogP contribution in [0.2, 0.25) is 0 Å². The number of carboxylic acids is 1. The van der Waals surface area contributed by atoms with Crippen LogP contribution >= 0.6 is 0 Å². The minimum absolute atomic E-state index is 0.113. The number of pyridine rings is 1. The molecule has 0 fully saturated rings. The Bertz CT molecular complexity index is 596. The Morgan fingerprint density at radius 2 is 2.11 bits per heavy atom. The van der Waals surface area contributed by atoms with Gasteiger partial charge in [0.2, 0.25) is 0 Å². The van der Waals surface area contributed by atoms with Crippen molar-refractivity contribution in [2.24, 2.45) is 0 Å². The molecule has 1 N–H and O–H groups in total. The zero-order valence-electron chi connectivity index (χ0n) is 11.0. The number of aryl methyl sites for hydroxylation is 1. The van der Waals surface area contributed by atoms with E-state index in [0.717, 1.165) is 5.69 Å². The van der Waals surface area contributed by atoms with Gasteiger partial charge in [0.15, 0.2) is 5.69 Å². The van der Waals surface area contributed by atoms with Gasteiger partial charge < -0.3 is 10.0 Å². The lowest BCUT2D eigenvalue weighted by Crippen LogP contribution is -2.19. The molecule has 4 nitrogen and oxygen atoms in total. The monoisotopic (exact) mass is 256 g/mol. The molecule has 4 heteroatoms. The van der Waals surface area contributed by atoms with Crippen molar-refractivity contribution in [2.75, 3.05) is 11.9 Å². The number of carboxylic acid groups (broad SMARTS) is 1. The molecule has 0 aliphatic carbocycles. The molecular weight excluding hydrogens is 240 g/mol. The van der Waals surface area contributed by atoms with Crippen LogP contribution in [0.4, 0.5) is 5.69 Å². The molecule has 0 aliphatic rings. The average molecular weight is 256 g/mol. The molecule has 0 radical (unpaired) electrons. The topological polar surface area (TPSA) is 53.4 Å². The standard InChI is InChI=1S/C15H16N2O2/c1-11-5-3-7-13(9-11)17(2)10-12-6-4-8-16-14(12)15(18)19/h3-9H,10H2,1-2H3,(H,18,19). The first-order valence-electron chi connectivity index (χ1n) is 6.03. The number of anilines is 1. The van der Waals surface area contributed by atoms with E-state index >= 15 is 0 Å². The summed E-state index contributed by atoms with van der Waals surface area (Å²) < 4.78 is 0. The molecule has 1 heterocycles. The van der Waals surface area contributed by atoms with Crippen molar-refractivity contribution in [1.29, 1.82) is 0 Å². The predicted octanol–water partition coefficient (Wildman–Crippen LogP) is 2.72. The van der Waals surface area contributed by atoms with E-state index in [4.69, 9.17) is 5.11 Å². The van der Waals surface area contributed by atoms with Crippen molar-refractivity contribution in [2.45, 2.75) is 13.5 Å². The maximum atomic E-state index is 11.1. The fourth-order valence-corrected chi connectivity index (χ4v) is 1.97. The van der Waals surface area contributed by atoms with Gasteiger partial charge in [0.1, 0.15) is 0 Å². The maximum Gasteiger partial charge on any atom is 0.354 e. The Morgan fingerprint density at radius 1 is 1.32 bits per heavy atom. The van der Waals surface area contributed by atoms with Crippen LogP contribution in [0.15, 0.2) is 42.6 Å². The molecule has 0 amide bonds. The summed E-state index contributed by atoms with van der Waals surface area (Å²) in [6.07, 6.45) is 1.50. The van der Waals surface area contributed by atoms with Crippen LogP contribution in [0, 0.1) is 6.92 Å². The molecule has 98 valence electrons. The van der Waals surface area contributed by atoms with Gasteiger partial charge in [-0.3, -0.25) is 0 Å². The quantitative estimate of drug-likeness (QED) is 0.913. The molecule has 0 saturated heterocycles. The van der Waals surface area contributed by atoms with Gasteiger partial charge in [-0.25, -0.2) is 9.78 Å². The number of aromatic nitrogens is 1. The van der Waals surface area contributed by atoms with E-state index in [0.29, 0.717) is 12.1 Å². The molecule has 2 aromatic rings. The Hall–Kier alpha value is -2.36. The minimum atomic E-state index is -0.992. The summed E-state index contributed by atoms with van der Waals surface area (Å²) in [5.74, 6) is -0.992. The first kappa shape index (κ1) is 13.1. The number of aromatic carboxylic acids is 1. The van der Waals surface area contributed by atoms with Gasteiger partial charge >= 0.3 is 5.97 Å². The van der Waals surface area contributed by atoms with Crippen LogP contribution in [-0.2, 0) is 6.54 Å². The van der Waals surface area contributed by atoms with E-state index in [1.165, 1.54) is 11.8 Å². The summed E-state index contributed by atoms with van der Waals surface area (Å²) in [5, 5.41) is 9.11. The highest BCUT2D eigenvalue weighted by molar-refractivity contribution is 5.87. The SMILES string of the molecule is Cc1cccc(N(C)Cc2cccnc2C(=O)O)c1. The minimum Gasteiger partial charge on any atom is -0.477 e. The van der Waals surface area contributed by atoms with Crippen LogP contribution in [0.1, 0.15) is 21.6 Å². The smallest absolute Gasteiger partial charge is 0.354 e. The van der Waals surface area contributed by atoms with Gasteiger partial charge in [0.05, 0.1) is 0 Å². The summed E-state index contributed by atoms with van der Waals surface area (Å²) in [7, 11) is 1.94. The van der Waals surface area contributed by atoms with Gasteiger partial charge in [-0.05, 0) is 30.7 Å². The number of rotatable bonds is 4. The third-order valence-corrected chi connectivity index (χ3v) is 2.94. The summed E-state index contributed by atoms with van der Waals surface area (Å²) in [5.41, 5.74) is 3.05. The summed E-state index contributed by atoms with van der Waals surface area (Å²) >= 11 is 0. The van der Waals surface area contributed by atoms with E-state index in [1.807, 2.05) is 37.1 Å². The third kappa shape index (κ3) is 3.10.